The van der Waals surface area contributed by atoms with Crippen LogP contribution in [0.1, 0.15) is 24.4 Å². The molecule has 0 aliphatic carbocycles. The Balaban J connectivity index is 1.87. The highest BCUT2D eigenvalue weighted by molar-refractivity contribution is 7.14. The fourth-order valence-electron chi connectivity index (χ4n) is 3.36. The first-order valence-electron chi connectivity index (χ1n) is 10.1. The van der Waals surface area contributed by atoms with Crippen LogP contribution in [-0.2, 0) is 10.3 Å². The molecule has 0 aliphatic rings. The van der Waals surface area contributed by atoms with Gasteiger partial charge in [0.05, 0.1) is 23.0 Å². The van der Waals surface area contributed by atoms with E-state index in [0.717, 1.165) is 21.8 Å². The zero-order valence-corrected chi connectivity index (χ0v) is 21.4. The maximum atomic E-state index is 6.55. The maximum absolute atomic E-state index is 6.55. The van der Waals surface area contributed by atoms with Gasteiger partial charge in [0.1, 0.15) is 16.3 Å². The Morgan fingerprint density at radius 1 is 1.06 bits per heavy atom. The normalized spacial score (nSPS) is 11.7. The first kappa shape index (κ1) is 23.9. The monoisotopic (exact) mass is 518 g/mol. The average molecular weight is 520 g/mol. The van der Waals surface area contributed by atoms with Gasteiger partial charge < -0.3 is 4.74 Å². The molecule has 0 bridgehead atoms. The third kappa shape index (κ3) is 4.86. The molecule has 2 aromatic carbocycles. The van der Waals surface area contributed by atoms with Crippen molar-refractivity contribution >= 4 is 46.1 Å². The number of hydrogen-bond acceptors (Lipinski definition) is 5. The van der Waals surface area contributed by atoms with Crippen molar-refractivity contribution in [3.8, 4) is 27.6 Å². The van der Waals surface area contributed by atoms with Gasteiger partial charge in [0.2, 0.25) is 0 Å². The van der Waals surface area contributed by atoms with E-state index in [-0.39, 0.29) is 0 Å². The second kappa shape index (κ2) is 9.57. The minimum Gasteiger partial charge on any atom is -0.364 e. The molecule has 0 spiro atoms. The molecule has 4 rings (SSSR count). The van der Waals surface area contributed by atoms with Crippen LogP contribution in [0.5, 0.6) is 0 Å². The number of rotatable bonds is 7. The molecule has 0 saturated carbocycles. The molecule has 0 atom stereocenters. The average Bonchev–Trinajstić information content (AvgIpc) is 3.39. The number of ether oxygens (including phenoxy) is 1. The van der Waals surface area contributed by atoms with E-state index in [9.17, 15) is 0 Å². The van der Waals surface area contributed by atoms with Crippen LogP contribution >= 0.6 is 46.1 Å². The second-order valence-electron chi connectivity index (χ2n) is 7.86. The SMILES string of the molecule is C=CCOC(C)(C)c1nnc(-c2nn(-c3ccc(Cl)cc3Cl)c(-c3ccc(Cl)cc3)c2C)s1. The number of halogens is 3. The molecule has 0 radical (unpaired) electrons. The van der Waals surface area contributed by atoms with Crippen molar-refractivity contribution in [2.75, 3.05) is 6.61 Å². The molecule has 5 nitrogen and oxygen atoms in total. The van der Waals surface area contributed by atoms with E-state index in [1.54, 1.807) is 18.2 Å². The second-order valence-corrected chi connectivity index (χ2v) is 10.1. The van der Waals surface area contributed by atoms with Crippen molar-refractivity contribution in [3.05, 3.63) is 80.8 Å². The topological polar surface area (TPSA) is 52.8 Å². The summed E-state index contributed by atoms with van der Waals surface area (Å²) in [5.74, 6) is 0. The number of aromatic nitrogens is 4. The zero-order chi connectivity index (χ0) is 23.8. The van der Waals surface area contributed by atoms with E-state index in [2.05, 4.69) is 16.8 Å². The third-order valence-corrected chi connectivity index (χ3v) is 7.11. The van der Waals surface area contributed by atoms with Crippen LogP contribution in [0.2, 0.25) is 15.1 Å². The lowest BCUT2D eigenvalue weighted by atomic mass is 10.1. The molecule has 33 heavy (non-hydrogen) atoms. The lowest BCUT2D eigenvalue weighted by Gasteiger charge is -2.20. The number of nitrogens with zero attached hydrogens (tertiary/aromatic N) is 4. The van der Waals surface area contributed by atoms with E-state index in [0.29, 0.717) is 38.1 Å². The minimum absolute atomic E-state index is 0.422. The van der Waals surface area contributed by atoms with Crippen LogP contribution in [0, 0.1) is 6.92 Å². The Hall–Kier alpha value is -2.22. The fourth-order valence-corrected chi connectivity index (χ4v) is 4.92. The molecule has 0 fully saturated rings. The van der Waals surface area contributed by atoms with Crippen LogP contribution in [0.25, 0.3) is 27.6 Å². The summed E-state index contributed by atoms with van der Waals surface area (Å²) in [6.07, 6.45) is 1.71. The lowest BCUT2D eigenvalue weighted by molar-refractivity contribution is -0.00524. The van der Waals surface area contributed by atoms with E-state index >= 15 is 0 Å². The van der Waals surface area contributed by atoms with Crippen LogP contribution < -0.4 is 0 Å². The van der Waals surface area contributed by atoms with Crippen LogP contribution in [0.15, 0.2) is 55.1 Å². The van der Waals surface area contributed by atoms with E-state index in [1.165, 1.54) is 11.3 Å². The summed E-state index contributed by atoms with van der Waals surface area (Å²) < 4.78 is 7.68. The predicted molar refractivity (Wildman–Crippen MR) is 137 cm³/mol. The quantitative estimate of drug-likeness (QED) is 0.234. The van der Waals surface area contributed by atoms with Gasteiger partial charge in [0.15, 0.2) is 5.01 Å². The first-order chi connectivity index (χ1) is 15.7. The Morgan fingerprint density at radius 3 is 2.42 bits per heavy atom. The Kier molecular flexibility index (Phi) is 6.93. The summed E-state index contributed by atoms with van der Waals surface area (Å²) in [4.78, 5) is 0. The molecule has 2 aromatic heterocycles. The molecule has 170 valence electrons. The van der Waals surface area contributed by atoms with E-state index in [1.807, 2.05) is 55.8 Å². The van der Waals surface area contributed by atoms with Crippen molar-refractivity contribution in [3.63, 3.8) is 0 Å². The van der Waals surface area contributed by atoms with Crippen LogP contribution in [0.3, 0.4) is 0 Å². The van der Waals surface area contributed by atoms with E-state index in [4.69, 9.17) is 44.6 Å². The fraction of sp³-hybridized carbons (Fsp3) is 0.208. The molecule has 2 heterocycles. The van der Waals surface area contributed by atoms with Gasteiger partial charge >= 0.3 is 0 Å². The third-order valence-electron chi connectivity index (χ3n) is 5.08. The first-order valence-corrected chi connectivity index (χ1v) is 12.1. The van der Waals surface area contributed by atoms with Crippen LogP contribution in [0.4, 0.5) is 0 Å². The Bertz CT molecular complexity index is 1310. The van der Waals surface area contributed by atoms with Crippen LogP contribution in [-0.4, -0.2) is 26.6 Å². The summed E-state index contributed by atoms with van der Waals surface area (Å²) in [5, 5.41) is 16.9. The van der Waals surface area contributed by atoms with Gasteiger partial charge in [-0.05, 0) is 51.1 Å². The lowest BCUT2D eigenvalue weighted by Crippen LogP contribution is -2.21. The summed E-state index contributed by atoms with van der Waals surface area (Å²) in [6.45, 7) is 10.1. The molecular weight excluding hydrogens is 499 g/mol. The summed E-state index contributed by atoms with van der Waals surface area (Å²) >= 11 is 20.3. The zero-order valence-electron chi connectivity index (χ0n) is 18.3. The molecular formula is C24H21Cl3N4OS. The minimum atomic E-state index is -0.598. The van der Waals surface area contributed by atoms with Crippen molar-refractivity contribution in [2.45, 2.75) is 26.4 Å². The van der Waals surface area contributed by atoms with E-state index < -0.39 is 5.60 Å². The molecule has 9 heteroatoms. The maximum Gasteiger partial charge on any atom is 0.168 e. The molecule has 4 aromatic rings. The van der Waals surface area contributed by atoms with Gasteiger partial charge in [0, 0.05) is 21.2 Å². The van der Waals surface area contributed by atoms with Gasteiger partial charge in [-0.3, -0.25) is 0 Å². The van der Waals surface area contributed by atoms with Gasteiger partial charge in [0.25, 0.3) is 0 Å². The smallest absolute Gasteiger partial charge is 0.168 e. The van der Waals surface area contributed by atoms with Crippen molar-refractivity contribution in [1.82, 2.24) is 20.0 Å². The predicted octanol–water partition coefficient (Wildman–Crippen LogP) is 7.76. The molecule has 0 N–H and O–H groups in total. The van der Waals surface area contributed by atoms with Crippen molar-refractivity contribution in [2.24, 2.45) is 0 Å². The Labute approximate surface area is 211 Å². The highest BCUT2D eigenvalue weighted by Gasteiger charge is 2.28. The van der Waals surface area contributed by atoms with Gasteiger partial charge in [-0.15, -0.1) is 16.8 Å². The molecule has 0 amide bonds. The largest absolute Gasteiger partial charge is 0.364 e. The number of benzene rings is 2. The van der Waals surface area contributed by atoms with Crippen molar-refractivity contribution < 1.29 is 4.74 Å². The van der Waals surface area contributed by atoms with Gasteiger partial charge in [-0.25, -0.2) is 4.68 Å². The highest BCUT2D eigenvalue weighted by Crippen LogP contribution is 2.38. The van der Waals surface area contributed by atoms with Crippen molar-refractivity contribution in [1.29, 1.82) is 0 Å². The summed E-state index contributed by atoms with van der Waals surface area (Å²) in [7, 11) is 0. The highest BCUT2D eigenvalue weighted by atomic mass is 35.5. The van der Waals surface area contributed by atoms with Gasteiger partial charge in [-0.2, -0.15) is 5.10 Å². The standard InChI is InChI=1S/C24H21Cl3N4OS/c1-5-12-32-24(3,4)23-29-28-22(33-23)20-14(2)21(15-6-8-16(25)9-7-15)31(30-20)19-11-10-17(26)13-18(19)27/h5-11,13H,1,12H2,2-4H3. The summed E-state index contributed by atoms with van der Waals surface area (Å²) in [5.41, 5.74) is 3.59. The molecule has 0 unspecified atom stereocenters. The van der Waals surface area contributed by atoms with Gasteiger partial charge in [-0.1, -0.05) is 64.3 Å². The number of hydrogen-bond donors (Lipinski definition) is 0. The Morgan fingerprint density at radius 2 is 1.76 bits per heavy atom. The molecule has 0 aliphatic heterocycles. The summed E-state index contributed by atoms with van der Waals surface area (Å²) in [6, 6.07) is 12.9. The molecule has 0 saturated heterocycles.